The van der Waals surface area contributed by atoms with Crippen LogP contribution in [0.15, 0.2) is 30.6 Å². The molecule has 0 aliphatic carbocycles. The summed E-state index contributed by atoms with van der Waals surface area (Å²) >= 11 is 5.52. The molecule has 0 aliphatic heterocycles. The molecule has 0 aliphatic rings. The van der Waals surface area contributed by atoms with E-state index in [-0.39, 0.29) is 5.91 Å². The number of nitrogens with zero attached hydrogens (tertiary/aromatic N) is 3. The number of quaternary nitrogens is 1. The van der Waals surface area contributed by atoms with Gasteiger partial charge in [-0.1, -0.05) is 25.1 Å². The van der Waals surface area contributed by atoms with E-state index in [2.05, 4.69) is 10.4 Å². The van der Waals surface area contributed by atoms with E-state index in [1.54, 1.807) is 11.0 Å². The monoisotopic (exact) mass is 334 g/mol. The highest BCUT2D eigenvalue weighted by molar-refractivity contribution is 7.71. The van der Waals surface area contributed by atoms with Crippen molar-refractivity contribution in [3.05, 3.63) is 40.9 Å². The van der Waals surface area contributed by atoms with Crippen molar-refractivity contribution < 1.29 is 9.69 Å². The number of rotatable bonds is 7. The van der Waals surface area contributed by atoms with E-state index in [1.165, 1.54) is 0 Å². The van der Waals surface area contributed by atoms with Gasteiger partial charge in [-0.15, -0.1) is 0 Å². The molecule has 1 atom stereocenters. The molecule has 1 unspecified atom stereocenters. The van der Waals surface area contributed by atoms with E-state index in [0.29, 0.717) is 24.5 Å². The number of aromatic nitrogens is 3. The van der Waals surface area contributed by atoms with Crippen LogP contribution in [0.25, 0.3) is 5.69 Å². The molecule has 0 saturated heterocycles. The molecule has 124 valence electrons. The lowest BCUT2D eigenvalue weighted by Crippen LogP contribution is -3.09. The number of carbonyl (C=O) groups is 1. The third-order valence-electron chi connectivity index (χ3n) is 3.56. The standard InChI is InChI=1S/C16H23N5OS/c1-4-9-17-15(22)10-19(3)12-21-16(23)20(11-18-21)14-8-6-5-7-13(14)2/h5-8,11H,4,9-10,12H2,1-3H3,(H,17,22)/p+1. The summed E-state index contributed by atoms with van der Waals surface area (Å²) < 4.78 is 4.28. The normalized spacial score (nSPS) is 12.1. The van der Waals surface area contributed by atoms with Crippen LogP contribution in [0.5, 0.6) is 0 Å². The summed E-state index contributed by atoms with van der Waals surface area (Å²) in [6.45, 7) is 5.75. The Morgan fingerprint density at radius 2 is 2.13 bits per heavy atom. The van der Waals surface area contributed by atoms with E-state index in [1.807, 2.05) is 49.7 Å². The van der Waals surface area contributed by atoms with Crippen molar-refractivity contribution in [2.24, 2.45) is 0 Å². The molecule has 7 heteroatoms. The summed E-state index contributed by atoms with van der Waals surface area (Å²) in [4.78, 5) is 12.8. The van der Waals surface area contributed by atoms with E-state index in [0.717, 1.165) is 22.6 Å². The molecule has 2 N–H and O–H groups in total. The fourth-order valence-corrected chi connectivity index (χ4v) is 2.61. The lowest BCUT2D eigenvalue weighted by Gasteiger charge is -2.13. The molecule has 0 bridgehead atoms. The highest BCUT2D eigenvalue weighted by atomic mass is 32.1. The molecule has 2 aromatic rings. The first-order chi connectivity index (χ1) is 11.0. The average Bonchev–Trinajstić information content (AvgIpc) is 2.86. The lowest BCUT2D eigenvalue weighted by atomic mass is 10.2. The average molecular weight is 334 g/mol. The van der Waals surface area contributed by atoms with Gasteiger partial charge in [0.2, 0.25) is 4.77 Å². The second-order valence-electron chi connectivity index (χ2n) is 5.71. The van der Waals surface area contributed by atoms with Gasteiger partial charge in [-0.3, -0.25) is 9.36 Å². The number of aryl methyl sites for hydroxylation is 1. The van der Waals surface area contributed by atoms with Crippen LogP contribution in [0.1, 0.15) is 18.9 Å². The quantitative estimate of drug-likeness (QED) is 0.733. The first kappa shape index (κ1) is 17.4. The Morgan fingerprint density at radius 3 is 2.83 bits per heavy atom. The molecule has 0 spiro atoms. The topological polar surface area (TPSA) is 56.3 Å². The van der Waals surface area contributed by atoms with Gasteiger partial charge in [-0.2, -0.15) is 9.78 Å². The van der Waals surface area contributed by atoms with E-state index in [4.69, 9.17) is 12.2 Å². The number of likely N-dealkylation sites (N-methyl/N-ethyl adjacent to an activating group) is 1. The van der Waals surface area contributed by atoms with Crippen molar-refractivity contribution in [3.8, 4) is 5.69 Å². The Bertz CT molecular complexity index is 721. The second-order valence-corrected chi connectivity index (χ2v) is 6.08. The highest BCUT2D eigenvalue weighted by Crippen LogP contribution is 2.13. The van der Waals surface area contributed by atoms with Crippen LogP contribution >= 0.6 is 12.2 Å². The van der Waals surface area contributed by atoms with Gasteiger partial charge in [-0.25, -0.2) is 0 Å². The van der Waals surface area contributed by atoms with Crippen molar-refractivity contribution in [2.45, 2.75) is 26.9 Å². The first-order valence-corrected chi connectivity index (χ1v) is 8.22. The van der Waals surface area contributed by atoms with Gasteiger partial charge in [0.1, 0.15) is 6.33 Å². The largest absolute Gasteiger partial charge is 0.351 e. The Hall–Kier alpha value is -1.99. The Balaban J connectivity index is 2.07. The minimum absolute atomic E-state index is 0.0502. The van der Waals surface area contributed by atoms with Crippen molar-refractivity contribution in [1.82, 2.24) is 19.7 Å². The summed E-state index contributed by atoms with van der Waals surface area (Å²) in [5.74, 6) is 0.0502. The van der Waals surface area contributed by atoms with Gasteiger partial charge in [0, 0.05) is 6.54 Å². The van der Waals surface area contributed by atoms with E-state index in [9.17, 15) is 4.79 Å². The van der Waals surface area contributed by atoms with Crippen molar-refractivity contribution in [3.63, 3.8) is 0 Å². The van der Waals surface area contributed by atoms with Crippen LogP contribution in [0.3, 0.4) is 0 Å². The summed E-state index contributed by atoms with van der Waals surface area (Å²) in [6, 6.07) is 8.05. The second kappa shape index (κ2) is 8.03. The fraction of sp³-hybridized carbons (Fsp3) is 0.438. The van der Waals surface area contributed by atoms with Crippen molar-refractivity contribution in [1.29, 1.82) is 0 Å². The minimum Gasteiger partial charge on any atom is -0.351 e. The Labute approximate surface area is 141 Å². The zero-order chi connectivity index (χ0) is 16.8. The zero-order valence-corrected chi connectivity index (χ0v) is 14.7. The maximum absolute atomic E-state index is 11.8. The molecular weight excluding hydrogens is 310 g/mol. The van der Waals surface area contributed by atoms with E-state index < -0.39 is 0 Å². The van der Waals surface area contributed by atoms with Crippen molar-refractivity contribution in [2.75, 3.05) is 20.1 Å². The molecule has 23 heavy (non-hydrogen) atoms. The molecule has 6 nitrogen and oxygen atoms in total. The Morgan fingerprint density at radius 1 is 1.39 bits per heavy atom. The van der Waals surface area contributed by atoms with Gasteiger partial charge in [0.15, 0.2) is 13.2 Å². The minimum atomic E-state index is 0.0502. The van der Waals surface area contributed by atoms with Crippen LogP contribution in [0, 0.1) is 11.7 Å². The number of hydrogen-bond donors (Lipinski definition) is 2. The van der Waals surface area contributed by atoms with Gasteiger partial charge in [0.25, 0.3) is 5.91 Å². The lowest BCUT2D eigenvalue weighted by molar-refractivity contribution is -0.895. The van der Waals surface area contributed by atoms with Crippen LogP contribution in [0.2, 0.25) is 0 Å². The summed E-state index contributed by atoms with van der Waals surface area (Å²) in [6.07, 6.45) is 2.67. The van der Waals surface area contributed by atoms with Crippen LogP contribution in [0.4, 0.5) is 0 Å². The van der Waals surface area contributed by atoms with Gasteiger partial charge >= 0.3 is 0 Å². The van der Waals surface area contributed by atoms with Crippen LogP contribution in [-0.2, 0) is 11.5 Å². The van der Waals surface area contributed by atoms with Gasteiger partial charge in [-0.05, 0) is 37.2 Å². The number of hydrogen-bond acceptors (Lipinski definition) is 3. The molecule has 0 fully saturated rings. The van der Waals surface area contributed by atoms with Crippen molar-refractivity contribution >= 4 is 18.1 Å². The summed E-state index contributed by atoms with van der Waals surface area (Å²) in [7, 11) is 1.96. The molecule has 1 aromatic carbocycles. The number of carbonyl (C=O) groups excluding carboxylic acids is 1. The number of benzene rings is 1. The van der Waals surface area contributed by atoms with Crippen LogP contribution in [-0.4, -0.2) is 40.4 Å². The van der Waals surface area contributed by atoms with Gasteiger partial charge in [0.05, 0.1) is 12.7 Å². The molecule has 1 aromatic heterocycles. The summed E-state index contributed by atoms with van der Waals surface area (Å²) in [5.41, 5.74) is 2.17. The highest BCUT2D eigenvalue weighted by Gasteiger charge is 2.12. The number of amides is 1. The van der Waals surface area contributed by atoms with Gasteiger partial charge < -0.3 is 10.2 Å². The van der Waals surface area contributed by atoms with E-state index >= 15 is 0 Å². The predicted molar refractivity (Wildman–Crippen MR) is 92.2 cm³/mol. The maximum Gasteiger partial charge on any atom is 0.275 e. The number of nitrogens with one attached hydrogen (secondary N) is 2. The molecule has 2 rings (SSSR count). The predicted octanol–water partition coefficient (Wildman–Crippen LogP) is 0.710. The fourth-order valence-electron chi connectivity index (χ4n) is 2.36. The molecule has 0 radical (unpaired) electrons. The third kappa shape index (κ3) is 4.49. The smallest absolute Gasteiger partial charge is 0.275 e. The maximum atomic E-state index is 11.8. The number of para-hydroxylation sites is 1. The third-order valence-corrected chi connectivity index (χ3v) is 3.97. The Kier molecular flexibility index (Phi) is 6.06. The first-order valence-electron chi connectivity index (χ1n) is 7.81. The molecular formula is C16H24N5OS+. The molecule has 0 saturated carbocycles. The molecule has 1 amide bonds. The summed E-state index contributed by atoms with van der Waals surface area (Å²) in [5, 5.41) is 7.25. The zero-order valence-electron chi connectivity index (χ0n) is 13.9. The SMILES string of the molecule is CCCNC(=O)C[NH+](C)Cn1ncn(-c2ccccc2C)c1=S. The molecule has 1 heterocycles. The van der Waals surface area contributed by atoms with Crippen LogP contribution < -0.4 is 10.2 Å².